The molecule has 5 heteroatoms. The van der Waals surface area contributed by atoms with Crippen LogP contribution in [0.4, 0.5) is 0 Å². The molecule has 0 aliphatic rings. The fourth-order valence-electron chi connectivity index (χ4n) is 3.12. The number of carbonyl (C=O) groups is 1. The van der Waals surface area contributed by atoms with E-state index in [0.29, 0.717) is 5.56 Å². The maximum atomic E-state index is 12.4. The molecule has 1 N–H and O–H groups in total. The molecular weight excluding hydrogens is 358 g/mol. The highest BCUT2D eigenvalue weighted by molar-refractivity contribution is 6.31. The first kappa shape index (κ1) is 19.4. The molecule has 0 aliphatic carbocycles. The summed E-state index contributed by atoms with van der Waals surface area (Å²) in [6.45, 7) is 4.90. The second-order valence-corrected chi connectivity index (χ2v) is 7.33. The van der Waals surface area contributed by atoms with Gasteiger partial charge < -0.3 is 5.32 Å². The topological polar surface area (TPSA) is 46.9 Å². The molecule has 2 aromatic carbocycles. The second kappa shape index (κ2) is 9.05. The number of imidazole rings is 1. The molecular formula is C22H26ClN3O. The first-order valence-electron chi connectivity index (χ1n) is 9.62. The lowest BCUT2D eigenvalue weighted by molar-refractivity contribution is 0.0953. The van der Waals surface area contributed by atoms with Gasteiger partial charge in [0.2, 0.25) is 0 Å². The molecule has 4 nitrogen and oxygen atoms in total. The van der Waals surface area contributed by atoms with Crippen molar-refractivity contribution in [2.24, 2.45) is 0 Å². The van der Waals surface area contributed by atoms with E-state index in [1.54, 1.807) is 6.33 Å². The largest absolute Gasteiger partial charge is 0.352 e. The van der Waals surface area contributed by atoms with Crippen molar-refractivity contribution in [3.63, 3.8) is 0 Å². The first-order chi connectivity index (χ1) is 13.1. The Balaban J connectivity index is 1.69. The molecule has 0 radical (unpaired) electrons. The zero-order chi connectivity index (χ0) is 19.2. The molecule has 27 heavy (non-hydrogen) atoms. The first-order valence-corrected chi connectivity index (χ1v) is 10.00. The van der Waals surface area contributed by atoms with Crippen LogP contribution < -0.4 is 5.32 Å². The van der Waals surface area contributed by atoms with Gasteiger partial charge in [0.1, 0.15) is 6.33 Å². The summed E-state index contributed by atoms with van der Waals surface area (Å²) in [7, 11) is 0. The Hall–Kier alpha value is -2.33. The van der Waals surface area contributed by atoms with E-state index in [9.17, 15) is 4.79 Å². The number of carbonyl (C=O) groups excluding carboxylic acids is 1. The van der Waals surface area contributed by atoms with Crippen molar-refractivity contribution in [1.82, 2.24) is 14.9 Å². The van der Waals surface area contributed by atoms with E-state index >= 15 is 0 Å². The van der Waals surface area contributed by atoms with Gasteiger partial charge in [0.05, 0.1) is 11.0 Å². The fraction of sp³-hybridized carbons (Fsp3) is 0.364. The third-order valence-electron chi connectivity index (χ3n) is 4.81. The van der Waals surface area contributed by atoms with E-state index in [-0.39, 0.29) is 5.91 Å². The van der Waals surface area contributed by atoms with Gasteiger partial charge in [-0.15, -0.1) is 0 Å². The van der Waals surface area contributed by atoms with Gasteiger partial charge in [-0.2, -0.15) is 0 Å². The number of aromatic nitrogens is 2. The summed E-state index contributed by atoms with van der Waals surface area (Å²) in [5.41, 5.74) is 4.38. The third kappa shape index (κ3) is 4.69. The smallest absolute Gasteiger partial charge is 0.251 e. The van der Waals surface area contributed by atoms with Crippen molar-refractivity contribution in [3.8, 4) is 5.69 Å². The van der Waals surface area contributed by atoms with Crippen molar-refractivity contribution >= 4 is 28.5 Å². The Bertz CT molecular complexity index is 932. The second-order valence-electron chi connectivity index (χ2n) is 6.92. The molecule has 3 rings (SSSR count). The highest BCUT2D eigenvalue weighted by Crippen LogP contribution is 2.23. The van der Waals surface area contributed by atoms with Crippen LogP contribution in [0.2, 0.25) is 5.02 Å². The molecule has 0 spiro atoms. The Morgan fingerprint density at radius 3 is 2.70 bits per heavy atom. The minimum Gasteiger partial charge on any atom is -0.352 e. The van der Waals surface area contributed by atoms with Crippen LogP contribution in [0, 0.1) is 6.92 Å². The van der Waals surface area contributed by atoms with Crippen LogP contribution in [0.5, 0.6) is 0 Å². The summed E-state index contributed by atoms with van der Waals surface area (Å²) >= 11 is 6.25. The Morgan fingerprint density at radius 1 is 1.11 bits per heavy atom. The van der Waals surface area contributed by atoms with Gasteiger partial charge in [0.15, 0.2) is 0 Å². The summed E-state index contributed by atoms with van der Waals surface area (Å²) in [5.74, 6) is -0.0414. The normalized spacial score (nSPS) is 11.1. The minimum absolute atomic E-state index is 0.0414. The van der Waals surface area contributed by atoms with E-state index in [4.69, 9.17) is 11.6 Å². The number of aryl methyl sites for hydroxylation is 1. The predicted molar refractivity (Wildman–Crippen MR) is 112 cm³/mol. The van der Waals surface area contributed by atoms with Gasteiger partial charge in [-0.05, 0) is 49.2 Å². The van der Waals surface area contributed by atoms with Gasteiger partial charge >= 0.3 is 0 Å². The zero-order valence-corrected chi connectivity index (χ0v) is 16.7. The lowest BCUT2D eigenvalue weighted by Gasteiger charge is -2.08. The number of fused-ring (bicyclic) bond motifs is 1. The summed E-state index contributed by atoms with van der Waals surface area (Å²) in [6.07, 6.45) is 7.68. The van der Waals surface area contributed by atoms with Crippen LogP contribution in [0.15, 0.2) is 42.7 Å². The number of nitrogens with one attached hydrogen (secondary N) is 1. The number of hydrogen-bond acceptors (Lipinski definition) is 2. The van der Waals surface area contributed by atoms with Gasteiger partial charge in [-0.1, -0.05) is 50.3 Å². The lowest BCUT2D eigenvalue weighted by Crippen LogP contribution is -2.24. The quantitative estimate of drug-likeness (QED) is 0.508. The van der Waals surface area contributed by atoms with Crippen LogP contribution in [0.1, 0.15) is 54.9 Å². The highest BCUT2D eigenvalue weighted by Gasteiger charge is 2.10. The predicted octanol–water partition coefficient (Wildman–Crippen LogP) is 5.69. The van der Waals surface area contributed by atoms with Gasteiger partial charge in [-0.25, -0.2) is 4.98 Å². The number of amides is 1. The fourth-order valence-corrected chi connectivity index (χ4v) is 3.30. The zero-order valence-electron chi connectivity index (χ0n) is 16.0. The molecule has 0 atom stereocenters. The maximum absolute atomic E-state index is 12.4. The van der Waals surface area contributed by atoms with Crippen molar-refractivity contribution in [2.45, 2.75) is 46.0 Å². The Labute approximate surface area is 165 Å². The molecule has 0 saturated carbocycles. The average Bonchev–Trinajstić information content (AvgIpc) is 3.10. The SMILES string of the molecule is CCCCCCCNC(=O)c1ccc2c(c1)ncn2-c1ccc(C)c(Cl)c1. The molecule has 1 heterocycles. The molecule has 0 saturated heterocycles. The average molecular weight is 384 g/mol. The molecule has 3 aromatic rings. The van der Waals surface area contributed by atoms with Crippen LogP contribution in [-0.4, -0.2) is 22.0 Å². The number of unbranched alkanes of at least 4 members (excludes halogenated alkanes) is 4. The van der Waals surface area contributed by atoms with Gasteiger partial charge in [-0.3, -0.25) is 9.36 Å². The van der Waals surface area contributed by atoms with E-state index in [0.717, 1.165) is 46.7 Å². The van der Waals surface area contributed by atoms with Crippen molar-refractivity contribution in [3.05, 3.63) is 58.9 Å². The standard InChI is InChI=1S/C22H26ClN3O/c1-3-4-5-6-7-12-24-22(27)17-9-11-21-20(13-17)25-15-26(21)18-10-8-16(2)19(23)14-18/h8-11,13-15H,3-7,12H2,1-2H3,(H,24,27). The third-order valence-corrected chi connectivity index (χ3v) is 5.22. The van der Waals surface area contributed by atoms with Crippen LogP contribution in [0.25, 0.3) is 16.7 Å². The Kier molecular flexibility index (Phi) is 6.51. The molecule has 142 valence electrons. The molecule has 1 aromatic heterocycles. The number of benzene rings is 2. The molecule has 0 bridgehead atoms. The van der Waals surface area contributed by atoms with E-state index in [1.807, 2.05) is 47.9 Å². The number of hydrogen-bond donors (Lipinski definition) is 1. The lowest BCUT2D eigenvalue weighted by atomic mass is 10.1. The maximum Gasteiger partial charge on any atom is 0.251 e. The summed E-state index contributed by atoms with van der Waals surface area (Å²) in [4.78, 5) is 16.8. The van der Waals surface area contributed by atoms with E-state index in [1.165, 1.54) is 19.3 Å². The van der Waals surface area contributed by atoms with Crippen LogP contribution in [0.3, 0.4) is 0 Å². The van der Waals surface area contributed by atoms with Gasteiger partial charge in [0, 0.05) is 22.8 Å². The van der Waals surface area contributed by atoms with E-state index in [2.05, 4.69) is 17.2 Å². The molecule has 1 amide bonds. The number of rotatable bonds is 8. The highest BCUT2D eigenvalue weighted by atomic mass is 35.5. The number of nitrogens with zero attached hydrogens (tertiary/aromatic N) is 2. The van der Waals surface area contributed by atoms with Crippen molar-refractivity contribution in [2.75, 3.05) is 6.54 Å². The minimum atomic E-state index is -0.0414. The molecule has 0 unspecified atom stereocenters. The van der Waals surface area contributed by atoms with E-state index < -0.39 is 0 Å². The van der Waals surface area contributed by atoms with Crippen molar-refractivity contribution < 1.29 is 4.79 Å². The summed E-state index contributed by atoms with van der Waals surface area (Å²) in [5, 5.41) is 3.73. The summed E-state index contributed by atoms with van der Waals surface area (Å²) < 4.78 is 1.98. The Morgan fingerprint density at radius 2 is 1.93 bits per heavy atom. The summed E-state index contributed by atoms with van der Waals surface area (Å²) in [6, 6.07) is 11.6. The van der Waals surface area contributed by atoms with Crippen LogP contribution >= 0.6 is 11.6 Å². The van der Waals surface area contributed by atoms with Crippen molar-refractivity contribution in [1.29, 1.82) is 0 Å². The molecule has 0 fully saturated rings. The number of halogens is 1. The van der Waals surface area contributed by atoms with Gasteiger partial charge in [0.25, 0.3) is 5.91 Å². The van der Waals surface area contributed by atoms with Crippen LogP contribution in [-0.2, 0) is 0 Å². The molecule has 0 aliphatic heterocycles. The monoisotopic (exact) mass is 383 g/mol.